The average molecular weight is 340 g/mol. The van der Waals surface area contributed by atoms with Crippen molar-refractivity contribution in [3.05, 3.63) is 59.2 Å². The Bertz CT molecular complexity index is 648. The summed E-state index contributed by atoms with van der Waals surface area (Å²) >= 11 is 0. The number of rotatable bonds is 8. The second-order valence-electron chi connectivity index (χ2n) is 6.58. The molecule has 0 spiro atoms. The van der Waals surface area contributed by atoms with Crippen LogP contribution < -0.4 is 0 Å². The molecule has 0 saturated carbocycles. The highest BCUT2D eigenvalue weighted by Crippen LogP contribution is 2.30. The van der Waals surface area contributed by atoms with Gasteiger partial charge in [0.25, 0.3) is 0 Å². The topological polar surface area (TPSA) is 49.7 Å². The van der Waals surface area contributed by atoms with E-state index in [9.17, 15) is 10.1 Å². The van der Waals surface area contributed by atoms with Crippen molar-refractivity contribution < 1.29 is 14.8 Å². The van der Waals surface area contributed by atoms with Crippen molar-refractivity contribution in [1.29, 1.82) is 0 Å². The molecule has 0 radical (unpaired) electrons. The smallest absolute Gasteiger partial charge is 0.458 e. The largest absolute Gasteiger partial charge is 0.507 e. The highest BCUT2D eigenvalue weighted by molar-refractivity contribution is 6.43. The van der Waals surface area contributed by atoms with E-state index in [0.29, 0.717) is 12.1 Å². The van der Waals surface area contributed by atoms with Crippen molar-refractivity contribution in [2.45, 2.75) is 58.4 Å². The van der Waals surface area contributed by atoms with Crippen LogP contribution in [0.4, 0.5) is 0 Å². The predicted molar refractivity (Wildman–Crippen MR) is 105 cm³/mol. The van der Waals surface area contributed by atoms with Crippen LogP contribution in [-0.2, 0) is 4.65 Å². The molecule has 0 saturated heterocycles. The Morgan fingerprint density at radius 3 is 2.76 bits per heavy atom. The van der Waals surface area contributed by atoms with E-state index in [2.05, 4.69) is 32.6 Å². The lowest BCUT2D eigenvalue weighted by Gasteiger charge is -2.28. The van der Waals surface area contributed by atoms with E-state index in [1.807, 2.05) is 18.2 Å². The van der Waals surface area contributed by atoms with Crippen LogP contribution in [0.15, 0.2) is 53.6 Å². The third-order valence-electron chi connectivity index (χ3n) is 4.65. The molecule has 3 nitrogen and oxygen atoms in total. The Morgan fingerprint density at radius 2 is 2.08 bits per heavy atom. The average Bonchev–Trinajstić information content (AvgIpc) is 2.60. The summed E-state index contributed by atoms with van der Waals surface area (Å²) in [5.41, 5.74) is 4.35. The van der Waals surface area contributed by atoms with Crippen molar-refractivity contribution >= 4 is 13.2 Å². The van der Waals surface area contributed by atoms with Crippen molar-refractivity contribution in [3.63, 3.8) is 0 Å². The first-order chi connectivity index (χ1) is 12.0. The lowest BCUT2D eigenvalue weighted by Crippen LogP contribution is -2.31. The van der Waals surface area contributed by atoms with Gasteiger partial charge in [0, 0.05) is 11.9 Å². The SMILES string of the molecule is C=C(CCC)C1=CCB(O)OC1CC/C(=C/c1ccccc1O)CC. The zero-order chi connectivity index (χ0) is 18.2. The van der Waals surface area contributed by atoms with Gasteiger partial charge in [0.1, 0.15) is 5.75 Å². The number of phenols is 1. The Hall–Kier alpha value is -1.78. The molecule has 0 amide bonds. The van der Waals surface area contributed by atoms with E-state index in [1.54, 1.807) is 6.07 Å². The molecule has 0 aliphatic carbocycles. The maximum absolute atomic E-state index is 9.96. The van der Waals surface area contributed by atoms with Crippen LogP contribution >= 0.6 is 0 Å². The summed E-state index contributed by atoms with van der Waals surface area (Å²) in [6.45, 7) is 8.45. The maximum atomic E-state index is 9.96. The number of para-hydroxylation sites is 1. The fourth-order valence-corrected chi connectivity index (χ4v) is 3.22. The monoisotopic (exact) mass is 340 g/mol. The Labute approximate surface area is 151 Å². The first kappa shape index (κ1) is 19.5. The Balaban J connectivity index is 2.08. The molecule has 1 aromatic carbocycles. The van der Waals surface area contributed by atoms with E-state index in [1.165, 1.54) is 5.57 Å². The molecule has 4 heteroatoms. The molecule has 1 aromatic rings. The van der Waals surface area contributed by atoms with Crippen molar-refractivity contribution in [2.24, 2.45) is 0 Å². The van der Waals surface area contributed by atoms with Crippen LogP contribution in [0.3, 0.4) is 0 Å². The first-order valence-electron chi connectivity index (χ1n) is 9.24. The second kappa shape index (κ2) is 9.64. The fourth-order valence-electron chi connectivity index (χ4n) is 3.22. The van der Waals surface area contributed by atoms with Gasteiger partial charge in [-0.25, -0.2) is 0 Å². The molecule has 2 rings (SSSR count). The van der Waals surface area contributed by atoms with Gasteiger partial charge in [-0.1, -0.05) is 62.8 Å². The van der Waals surface area contributed by atoms with Gasteiger partial charge in [-0.15, -0.1) is 0 Å². The minimum Gasteiger partial charge on any atom is -0.507 e. The first-order valence-corrected chi connectivity index (χ1v) is 9.24. The molecular formula is C21H29BO3. The van der Waals surface area contributed by atoms with E-state index in [0.717, 1.165) is 48.8 Å². The van der Waals surface area contributed by atoms with E-state index >= 15 is 0 Å². The van der Waals surface area contributed by atoms with Crippen LogP contribution in [0.5, 0.6) is 5.75 Å². The van der Waals surface area contributed by atoms with Gasteiger partial charge in [0.15, 0.2) is 0 Å². The van der Waals surface area contributed by atoms with Gasteiger partial charge in [0.05, 0.1) is 6.10 Å². The number of hydrogen-bond donors (Lipinski definition) is 2. The summed E-state index contributed by atoms with van der Waals surface area (Å²) < 4.78 is 5.79. The van der Waals surface area contributed by atoms with Gasteiger partial charge in [-0.2, -0.15) is 0 Å². The molecule has 2 N–H and O–H groups in total. The third-order valence-corrected chi connectivity index (χ3v) is 4.65. The predicted octanol–water partition coefficient (Wildman–Crippen LogP) is 5.13. The zero-order valence-electron chi connectivity index (χ0n) is 15.4. The molecule has 0 bridgehead atoms. The van der Waals surface area contributed by atoms with Crippen molar-refractivity contribution in [2.75, 3.05) is 0 Å². The summed E-state index contributed by atoms with van der Waals surface area (Å²) in [6, 6.07) is 7.37. The number of allylic oxidation sites excluding steroid dienone is 2. The number of hydrogen-bond acceptors (Lipinski definition) is 3. The van der Waals surface area contributed by atoms with Gasteiger partial charge in [-0.05, 0) is 42.9 Å². The molecule has 25 heavy (non-hydrogen) atoms. The highest BCUT2D eigenvalue weighted by Gasteiger charge is 2.27. The molecular weight excluding hydrogens is 311 g/mol. The van der Waals surface area contributed by atoms with Crippen LogP contribution in [-0.4, -0.2) is 23.4 Å². The number of aromatic hydroxyl groups is 1. The maximum Gasteiger partial charge on any atom is 0.458 e. The normalized spacial score (nSPS) is 18.2. The van der Waals surface area contributed by atoms with Crippen molar-refractivity contribution in [3.8, 4) is 5.75 Å². The van der Waals surface area contributed by atoms with E-state index in [-0.39, 0.29) is 6.10 Å². The van der Waals surface area contributed by atoms with Crippen LogP contribution in [0, 0.1) is 0 Å². The molecule has 1 atom stereocenters. The summed E-state index contributed by atoms with van der Waals surface area (Å²) in [5.74, 6) is 0.301. The van der Waals surface area contributed by atoms with Gasteiger partial charge in [-0.3, -0.25) is 0 Å². The molecule has 0 aromatic heterocycles. The zero-order valence-corrected chi connectivity index (χ0v) is 15.4. The molecule has 1 aliphatic rings. The van der Waals surface area contributed by atoms with Gasteiger partial charge >= 0.3 is 7.12 Å². The fraction of sp³-hybridized carbons (Fsp3) is 0.429. The van der Waals surface area contributed by atoms with Gasteiger partial charge in [0.2, 0.25) is 0 Å². The summed E-state index contributed by atoms with van der Waals surface area (Å²) in [4.78, 5) is 0. The summed E-state index contributed by atoms with van der Waals surface area (Å²) in [5, 5.41) is 19.8. The molecule has 1 aliphatic heterocycles. The minimum absolute atomic E-state index is 0.109. The highest BCUT2D eigenvalue weighted by atomic mass is 16.5. The lowest BCUT2D eigenvalue weighted by molar-refractivity contribution is 0.182. The van der Waals surface area contributed by atoms with Crippen LogP contribution in [0.25, 0.3) is 6.08 Å². The van der Waals surface area contributed by atoms with Crippen LogP contribution in [0.2, 0.25) is 6.32 Å². The van der Waals surface area contributed by atoms with Crippen LogP contribution in [0.1, 0.15) is 51.5 Å². The number of benzene rings is 1. The summed E-state index contributed by atoms with van der Waals surface area (Å²) in [6.07, 6.45) is 9.14. The molecule has 0 fully saturated rings. The Kier molecular flexibility index (Phi) is 7.54. The molecule has 1 unspecified atom stereocenters. The summed E-state index contributed by atoms with van der Waals surface area (Å²) in [7, 11) is -0.726. The minimum atomic E-state index is -0.726. The van der Waals surface area contributed by atoms with Crippen molar-refractivity contribution in [1.82, 2.24) is 0 Å². The quantitative estimate of drug-likeness (QED) is 0.645. The van der Waals surface area contributed by atoms with E-state index < -0.39 is 7.12 Å². The molecule has 134 valence electrons. The number of phenolic OH excluding ortho intramolecular Hbond substituents is 1. The van der Waals surface area contributed by atoms with Gasteiger partial charge < -0.3 is 14.8 Å². The molecule has 1 heterocycles. The lowest BCUT2D eigenvalue weighted by atomic mass is 9.77. The standard InChI is InChI=1S/C21H29BO3/c1-4-8-16(3)19-13-14-22(24)25-21(19)12-11-17(5-2)15-18-9-6-7-10-20(18)23/h6-7,9-10,13,15,21,23-24H,3-5,8,11-12,14H2,1-2H3/b17-15+. The third kappa shape index (κ3) is 5.62. The second-order valence-corrected chi connectivity index (χ2v) is 6.58. The van der Waals surface area contributed by atoms with E-state index in [4.69, 9.17) is 4.65 Å². The Morgan fingerprint density at radius 1 is 1.32 bits per heavy atom.